The summed E-state index contributed by atoms with van der Waals surface area (Å²) in [6.45, 7) is 5.85. The highest BCUT2D eigenvalue weighted by Gasteiger charge is 2.18. The molecular weight excluding hydrogens is 278 g/mol. The number of aryl methyl sites for hydroxylation is 1. The maximum atomic E-state index is 12.2. The second-order valence-electron chi connectivity index (χ2n) is 6.59. The number of ether oxygens (including phenoxy) is 1. The third-order valence-electron chi connectivity index (χ3n) is 3.47. The first-order chi connectivity index (χ1) is 10.4. The van der Waals surface area contributed by atoms with Crippen LogP contribution in [0, 0.1) is 0 Å². The SMILES string of the molecule is CC(C)(C)OC(=O)n1ccc2cc(CCCCCO)ccc21. The summed E-state index contributed by atoms with van der Waals surface area (Å²) in [6, 6.07) is 8.09. The summed E-state index contributed by atoms with van der Waals surface area (Å²) in [5.41, 5.74) is 1.63. The minimum absolute atomic E-state index is 0.262. The van der Waals surface area contributed by atoms with E-state index in [-0.39, 0.29) is 12.7 Å². The van der Waals surface area contributed by atoms with Gasteiger partial charge in [-0.25, -0.2) is 4.79 Å². The van der Waals surface area contributed by atoms with Crippen LogP contribution in [0.5, 0.6) is 0 Å². The number of carbonyl (C=O) groups excluding carboxylic acids is 1. The van der Waals surface area contributed by atoms with E-state index < -0.39 is 5.60 Å². The zero-order chi connectivity index (χ0) is 16.2. The number of nitrogens with zero attached hydrogens (tertiary/aromatic N) is 1. The van der Waals surface area contributed by atoms with Crippen molar-refractivity contribution >= 4 is 17.0 Å². The lowest BCUT2D eigenvalue weighted by Crippen LogP contribution is -2.26. The molecule has 0 aliphatic rings. The minimum atomic E-state index is -0.500. The molecule has 4 heteroatoms. The molecule has 1 aromatic carbocycles. The maximum absolute atomic E-state index is 12.2. The van der Waals surface area contributed by atoms with E-state index in [1.807, 2.05) is 32.9 Å². The molecule has 0 radical (unpaired) electrons. The monoisotopic (exact) mass is 303 g/mol. The van der Waals surface area contributed by atoms with E-state index >= 15 is 0 Å². The zero-order valence-electron chi connectivity index (χ0n) is 13.6. The molecule has 0 atom stereocenters. The summed E-state index contributed by atoms with van der Waals surface area (Å²) < 4.78 is 6.96. The molecule has 1 heterocycles. The molecule has 0 spiro atoms. The second kappa shape index (κ2) is 6.97. The summed E-state index contributed by atoms with van der Waals surface area (Å²) in [4.78, 5) is 12.2. The van der Waals surface area contributed by atoms with Crippen LogP contribution in [0.1, 0.15) is 45.6 Å². The molecule has 1 aromatic heterocycles. The van der Waals surface area contributed by atoms with Crippen molar-refractivity contribution < 1.29 is 14.6 Å². The van der Waals surface area contributed by atoms with Gasteiger partial charge in [0.05, 0.1) is 5.52 Å². The number of rotatable bonds is 5. The fourth-order valence-electron chi connectivity index (χ4n) is 2.44. The van der Waals surface area contributed by atoms with Gasteiger partial charge in [0.1, 0.15) is 5.60 Å². The molecule has 0 bridgehead atoms. The van der Waals surface area contributed by atoms with E-state index in [1.54, 1.807) is 10.8 Å². The van der Waals surface area contributed by atoms with Crippen LogP contribution in [0.15, 0.2) is 30.5 Å². The number of hydrogen-bond donors (Lipinski definition) is 1. The van der Waals surface area contributed by atoms with Gasteiger partial charge >= 0.3 is 6.09 Å². The third kappa shape index (κ3) is 4.34. The van der Waals surface area contributed by atoms with Gasteiger partial charge in [-0.15, -0.1) is 0 Å². The number of aliphatic hydroxyl groups excluding tert-OH is 1. The Morgan fingerprint density at radius 1 is 1.18 bits per heavy atom. The van der Waals surface area contributed by atoms with Crippen molar-refractivity contribution in [3.8, 4) is 0 Å². The van der Waals surface area contributed by atoms with Crippen LogP contribution in [-0.4, -0.2) is 28.0 Å². The standard InChI is InChI=1S/C18H25NO3/c1-18(2,3)22-17(21)19-11-10-15-13-14(8-9-16(15)19)7-5-4-6-12-20/h8-11,13,20H,4-7,12H2,1-3H3. The van der Waals surface area contributed by atoms with E-state index in [0.29, 0.717) is 0 Å². The molecule has 0 aliphatic heterocycles. The topological polar surface area (TPSA) is 51.5 Å². The van der Waals surface area contributed by atoms with Gasteiger partial charge in [-0.3, -0.25) is 4.57 Å². The molecule has 2 aromatic rings. The number of aromatic nitrogens is 1. The Morgan fingerprint density at radius 3 is 2.64 bits per heavy atom. The normalized spacial score (nSPS) is 11.8. The Balaban J connectivity index is 2.11. The van der Waals surface area contributed by atoms with Gasteiger partial charge in [-0.1, -0.05) is 12.5 Å². The van der Waals surface area contributed by atoms with Crippen LogP contribution in [0.2, 0.25) is 0 Å². The van der Waals surface area contributed by atoms with Gasteiger partial charge in [-0.2, -0.15) is 0 Å². The molecule has 0 aliphatic carbocycles. The van der Waals surface area contributed by atoms with E-state index in [9.17, 15) is 4.79 Å². The fourth-order valence-corrected chi connectivity index (χ4v) is 2.44. The second-order valence-corrected chi connectivity index (χ2v) is 6.59. The zero-order valence-corrected chi connectivity index (χ0v) is 13.6. The number of hydrogen-bond acceptors (Lipinski definition) is 3. The van der Waals surface area contributed by atoms with Gasteiger partial charge < -0.3 is 9.84 Å². The van der Waals surface area contributed by atoms with Crippen LogP contribution >= 0.6 is 0 Å². The highest BCUT2D eigenvalue weighted by atomic mass is 16.6. The van der Waals surface area contributed by atoms with Gasteiger partial charge in [0, 0.05) is 18.2 Å². The predicted octanol–water partition coefficient (Wildman–Crippen LogP) is 4.13. The molecule has 0 saturated heterocycles. The van der Waals surface area contributed by atoms with E-state index in [0.717, 1.165) is 36.6 Å². The fraction of sp³-hybridized carbons (Fsp3) is 0.500. The molecule has 1 N–H and O–H groups in total. The lowest BCUT2D eigenvalue weighted by molar-refractivity contribution is 0.0544. The first-order valence-corrected chi connectivity index (χ1v) is 7.85. The van der Waals surface area contributed by atoms with Crippen LogP contribution in [0.25, 0.3) is 10.9 Å². The number of carbonyl (C=O) groups is 1. The van der Waals surface area contributed by atoms with Gasteiger partial charge in [0.2, 0.25) is 0 Å². The van der Waals surface area contributed by atoms with Gasteiger partial charge in [0.25, 0.3) is 0 Å². The number of benzene rings is 1. The Bertz CT molecular complexity index is 637. The van der Waals surface area contributed by atoms with E-state index in [4.69, 9.17) is 9.84 Å². The van der Waals surface area contributed by atoms with Gasteiger partial charge in [-0.05, 0) is 63.8 Å². The lowest BCUT2D eigenvalue weighted by atomic mass is 10.1. The van der Waals surface area contributed by atoms with Crippen LogP contribution in [-0.2, 0) is 11.2 Å². The molecule has 0 fully saturated rings. The molecule has 0 unspecified atom stereocenters. The highest BCUT2D eigenvalue weighted by Crippen LogP contribution is 2.20. The maximum Gasteiger partial charge on any atom is 0.418 e. The van der Waals surface area contributed by atoms with Crippen molar-refractivity contribution in [3.05, 3.63) is 36.0 Å². The van der Waals surface area contributed by atoms with Gasteiger partial charge in [0.15, 0.2) is 0 Å². The molecule has 22 heavy (non-hydrogen) atoms. The van der Waals surface area contributed by atoms with Crippen molar-refractivity contribution in [1.82, 2.24) is 4.57 Å². The largest absolute Gasteiger partial charge is 0.443 e. The molecule has 0 amide bonds. The van der Waals surface area contributed by atoms with Crippen molar-refractivity contribution in [2.75, 3.05) is 6.61 Å². The van der Waals surface area contributed by atoms with Crippen molar-refractivity contribution in [1.29, 1.82) is 0 Å². The average molecular weight is 303 g/mol. The Morgan fingerprint density at radius 2 is 1.95 bits per heavy atom. The molecule has 120 valence electrons. The third-order valence-corrected chi connectivity index (χ3v) is 3.47. The summed E-state index contributed by atoms with van der Waals surface area (Å²) in [5, 5.41) is 9.84. The van der Waals surface area contributed by atoms with Crippen LogP contribution < -0.4 is 0 Å². The Hall–Kier alpha value is -1.81. The Kier molecular flexibility index (Phi) is 5.24. The smallest absolute Gasteiger partial charge is 0.418 e. The first kappa shape index (κ1) is 16.6. The number of unbranched alkanes of at least 4 members (excludes halogenated alkanes) is 2. The van der Waals surface area contributed by atoms with E-state index in [2.05, 4.69) is 12.1 Å². The molecule has 4 nitrogen and oxygen atoms in total. The van der Waals surface area contributed by atoms with Crippen molar-refractivity contribution in [2.24, 2.45) is 0 Å². The summed E-state index contributed by atoms with van der Waals surface area (Å²) in [6.07, 6.45) is 5.36. The minimum Gasteiger partial charge on any atom is -0.443 e. The molecule has 0 saturated carbocycles. The molecular formula is C18H25NO3. The average Bonchev–Trinajstić information content (AvgIpc) is 2.85. The van der Waals surface area contributed by atoms with Crippen molar-refractivity contribution in [3.63, 3.8) is 0 Å². The lowest BCUT2D eigenvalue weighted by Gasteiger charge is -2.19. The Labute approximate surface area is 131 Å². The predicted molar refractivity (Wildman–Crippen MR) is 88.2 cm³/mol. The van der Waals surface area contributed by atoms with Crippen LogP contribution in [0.3, 0.4) is 0 Å². The summed E-state index contributed by atoms with van der Waals surface area (Å²) in [5.74, 6) is 0. The number of aliphatic hydroxyl groups is 1. The summed E-state index contributed by atoms with van der Waals surface area (Å²) >= 11 is 0. The first-order valence-electron chi connectivity index (χ1n) is 7.85. The summed E-state index contributed by atoms with van der Waals surface area (Å²) in [7, 11) is 0. The van der Waals surface area contributed by atoms with Crippen LogP contribution in [0.4, 0.5) is 4.79 Å². The quantitative estimate of drug-likeness (QED) is 0.845. The van der Waals surface area contributed by atoms with Crippen molar-refractivity contribution in [2.45, 2.75) is 52.1 Å². The highest BCUT2D eigenvalue weighted by molar-refractivity contribution is 5.89. The van der Waals surface area contributed by atoms with E-state index in [1.165, 1.54) is 5.56 Å². The number of fused-ring (bicyclic) bond motifs is 1. The molecule has 2 rings (SSSR count).